The average molecular weight is 336 g/mol. The number of ether oxygens (including phenoxy) is 2. The predicted octanol–water partition coefficient (Wildman–Crippen LogP) is 4.37. The highest BCUT2D eigenvalue weighted by Gasteiger charge is 2.12. The molecule has 130 valence electrons. The first-order valence-corrected chi connectivity index (χ1v) is 8.57. The highest BCUT2D eigenvalue weighted by atomic mass is 16.5. The van der Waals surface area contributed by atoms with Crippen LogP contribution in [0.1, 0.15) is 18.2 Å². The van der Waals surface area contributed by atoms with E-state index in [-0.39, 0.29) is 0 Å². The van der Waals surface area contributed by atoms with Gasteiger partial charge in [0, 0.05) is 17.8 Å². The monoisotopic (exact) mass is 336 g/mol. The largest absolute Gasteiger partial charge is 0.497 e. The topological polar surface area (TPSA) is 36.3 Å². The van der Waals surface area contributed by atoms with Gasteiger partial charge in [-0.1, -0.05) is 25.1 Å². The molecule has 0 saturated heterocycles. The van der Waals surface area contributed by atoms with Gasteiger partial charge in [-0.05, 0) is 48.7 Å². The Hall–Kier alpha value is -2.75. The van der Waals surface area contributed by atoms with Gasteiger partial charge < -0.3 is 14.0 Å². The minimum atomic E-state index is 0.859. The molecule has 0 amide bonds. The average Bonchev–Trinajstić information content (AvgIpc) is 3.09. The van der Waals surface area contributed by atoms with Crippen molar-refractivity contribution in [1.29, 1.82) is 0 Å². The number of aryl methyl sites for hydroxylation is 2. The zero-order valence-corrected chi connectivity index (χ0v) is 15.0. The van der Waals surface area contributed by atoms with E-state index in [2.05, 4.69) is 40.7 Å². The van der Waals surface area contributed by atoms with Gasteiger partial charge >= 0.3 is 0 Å². The van der Waals surface area contributed by atoms with E-state index in [4.69, 9.17) is 9.47 Å². The summed E-state index contributed by atoms with van der Waals surface area (Å²) in [5.41, 5.74) is 4.63. The summed E-state index contributed by atoms with van der Waals surface area (Å²) in [6.45, 7) is 3.05. The second kappa shape index (κ2) is 7.88. The number of benzene rings is 2. The van der Waals surface area contributed by atoms with Gasteiger partial charge in [0.15, 0.2) is 0 Å². The molecule has 0 N–H and O–H groups in total. The molecule has 1 aromatic heterocycles. The van der Waals surface area contributed by atoms with Gasteiger partial charge in [0.2, 0.25) is 0 Å². The third kappa shape index (κ3) is 3.68. The second-order valence-corrected chi connectivity index (χ2v) is 5.88. The van der Waals surface area contributed by atoms with E-state index in [0.717, 1.165) is 42.1 Å². The van der Waals surface area contributed by atoms with E-state index in [1.807, 2.05) is 30.6 Å². The molecule has 0 saturated carbocycles. The molecule has 0 aliphatic carbocycles. The summed E-state index contributed by atoms with van der Waals surface area (Å²) >= 11 is 0. The summed E-state index contributed by atoms with van der Waals surface area (Å²) in [6.07, 6.45) is 3.79. The van der Waals surface area contributed by atoms with E-state index >= 15 is 0 Å². The molecule has 0 aliphatic heterocycles. The van der Waals surface area contributed by atoms with Crippen LogP contribution in [0.3, 0.4) is 0 Å². The van der Waals surface area contributed by atoms with Gasteiger partial charge in [0.25, 0.3) is 0 Å². The van der Waals surface area contributed by atoms with Crippen LogP contribution >= 0.6 is 0 Å². The van der Waals surface area contributed by atoms with Crippen molar-refractivity contribution in [3.05, 3.63) is 66.1 Å². The highest BCUT2D eigenvalue weighted by molar-refractivity contribution is 5.63. The van der Waals surface area contributed by atoms with E-state index in [1.165, 1.54) is 11.3 Å². The van der Waals surface area contributed by atoms with Gasteiger partial charge in [0.05, 0.1) is 26.2 Å². The Bertz CT molecular complexity index is 822. The van der Waals surface area contributed by atoms with Crippen molar-refractivity contribution in [1.82, 2.24) is 9.55 Å². The lowest BCUT2D eigenvalue weighted by Gasteiger charge is -2.11. The third-order valence-electron chi connectivity index (χ3n) is 4.46. The normalized spacial score (nSPS) is 10.7. The van der Waals surface area contributed by atoms with Gasteiger partial charge in [-0.3, -0.25) is 0 Å². The van der Waals surface area contributed by atoms with Gasteiger partial charge in [-0.25, -0.2) is 4.98 Å². The minimum Gasteiger partial charge on any atom is -0.497 e. The van der Waals surface area contributed by atoms with Crippen LogP contribution in [0.25, 0.3) is 11.3 Å². The van der Waals surface area contributed by atoms with Gasteiger partial charge in [-0.15, -0.1) is 0 Å². The van der Waals surface area contributed by atoms with Crippen LogP contribution in [0.2, 0.25) is 0 Å². The van der Waals surface area contributed by atoms with Crippen LogP contribution in [0, 0.1) is 0 Å². The summed E-state index contributed by atoms with van der Waals surface area (Å²) in [4.78, 5) is 4.66. The summed E-state index contributed by atoms with van der Waals surface area (Å²) < 4.78 is 12.9. The van der Waals surface area contributed by atoms with Crippen molar-refractivity contribution in [2.75, 3.05) is 14.2 Å². The lowest BCUT2D eigenvalue weighted by Crippen LogP contribution is -2.05. The number of hydrogen-bond acceptors (Lipinski definition) is 3. The fraction of sp³-hybridized carbons (Fsp3) is 0.286. The maximum Gasteiger partial charge on any atom is 0.122 e. The minimum absolute atomic E-state index is 0.859. The lowest BCUT2D eigenvalue weighted by molar-refractivity contribution is 0.408. The Kier molecular flexibility index (Phi) is 5.39. The Labute approximate surface area is 149 Å². The van der Waals surface area contributed by atoms with E-state index in [1.54, 1.807) is 14.2 Å². The van der Waals surface area contributed by atoms with E-state index < -0.39 is 0 Å². The molecule has 0 spiro atoms. The molecule has 4 nitrogen and oxygen atoms in total. The van der Waals surface area contributed by atoms with Crippen LogP contribution < -0.4 is 9.47 Å². The lowest BCUT2D eigenvalue weighted by atomic mass is 10.1. The molecule has 0 radical (unpaired) electrons. The van der Waals surface area contributed by atoms with Crippen LogP contribution in [0.4, 0.5) is 0 Å². The molecule has 2 aromatic carbocycles. The van der Waals surface area contributed by atoms with Gasteiger partial charge in [0.1, 0.15) is 11.5 Å². The number of hydrogen-bond donors (Lipinski definition) is 0. The first kappa shape index (κ1) is 17.1. The van der Waals surface area contributed by atoms with Crippen molar-refractivity contribution >= 4 is 0 Å². The molecule has 0 bridgehead atoms. The molecule has 0 fully saturated rings. The summed E-state index contributed by atoms with van der Waals surface area (Å²) in [5, 5.41) is 0. The third-order valence-corrected chi connectivity index (χ3v) is 4.46. The Morgan fingerprint density at radius 2 is 1.72 bits per heavy atom. The SMILES string of the molecule is CCc1c(-c2ccc(OC)cc2)ncn1CCc1ccccc1OC. The Balaban J connectivity index is 1.82. The fourth-order valence-electron chi connectivity index (χ4n) is 3.11. The zero-order chi connectivity index (χ0) is 17.6. The smallest absolute Gasteiger partial charge is 0.122 e. The molecular weight excluding hydrogens is 312 g/mol. The highest BCUT2D eigenvalue weighted by Crippen LogP contribution is 2.26. The molecule has 4 heteroatoms. The molecule has 3 aromatic rings. The molecular formula is C21H24N2O2. The molecule has 3 rings (SSSR count). The molecule has 0 aliphatic rings. The summed E-state index contributed by atoms with van der Waals surface area (Å²) in [6, 6.07) is 16.2. The summed E-state index contributed by atoms with van der Waals surface area (Å²) in [7, 11) is 3.40. The number of methoxy groups -OCH3 is 2. The van der Waals surface area contributed by atoms with Gasteiger partial charge in [-0.2, -0.15) is 0 Å². The predicted molar refractivity (Wildman–Crippen MR) is 100 cm³/mol. The first-order valence-electron chi connectivity index (χ1n) is 8.57. The summed E-state index contributed by atoms with van der Waals surface area (Å²) in [5.74, 6) is 1.80. The zero-order valence-electron chi connectivity index (χ0n) is 15.0. The number of imidazole rings is 1. The van der Waals surface area contributed by atoms with E-state index in [0.29, 0.717) is 0 Å². The van der Waals surface area contributed by atoms with Crippen molar-refractivity contribution in [2.24, 2.45) is 0 Å². The quantitative estimate of drug-likeness (QED) is 0.643. The molecule has 0 atom stereocenters. The van der Waals surface area contributed by atoms with Crippen LogP contribution in [0.15, 0.2) is 54.9 Å². The molecule has 25 heavy (non-hydrogen) atoms. The maximum atomic E-state index is 5.45. The standard InChI is InChI=1S/C21H24N2O2/c1-4-19-21(17-9-11-18(24-2)12-10-17)22-15-23(19)14-13-16-7-5-6-8-20(16)25-3/h5-12,15H,4,13-14H2,1-3H3. The number of rotatable bonds is 7. The maximum absolute atomic E-state index is 5.45. The van der Waals surface area contributed by atoms with Crippen molar-refractivity contribution in [2.45, 2.75) is 26.3 Å². The Morgan fingerprint density at radius 3 is 2.40 bits per heavy atom. The van der Waals surface area contributed by atoms with Crippen molar-refractivity contribution in [3.63, 3.8) is 0 Å². The van der Waals surface area contributed by atoms with Crippen LogP contribution in [-0.4, -0.2) is 23.8 Å². The number of para-hydroxylation sites is 1. The second-order valence-electron chi connectivity index (χ2n) is 5.88. The molecule has 0 unspecified atom stereocenters. The molecule has 1 heterocycles. The van der Waals surface area contributed by atoms with Crippen molar-refractivity contribution < 1.29 is 9.47 Å². The van der Waals surface area contributed by atoms with E-state index in [9.17, 15) is 0 Å². The van der Waals surface area contributed by atoms with Crippen molar-refractivity contribution in [3.8, 4) is 22.8 Å². The first-order chi connectivity index (χ1) is 12.3. The van der Waals surface area contributed by atoms with Crippen LogP contribution in [0.5, 0.6) is 11.5 Å². The number of aromatic nitrogens is 2. The number of nitrogens with zero attached hydrogens (tertiary/aromatic N) is 2. The fourth-order valence-corrected chi connectivity index (χ4v) is 3.11. The Morgan fingerprint density at radius 1 is 0.960 bits per heavy atom. The van der Waals surface area contributed by atoms with Crippen LogP contribution in [-0.2, 0) is 19.4 Å².